The van der Waals surface area contributed by atoms with Crippen molar-refractivity contribution < 1.29 is 9.53 Å². The molecule has 0 aromatic heterocycles. The molecule has 1 aromatic rings. The fraction of sp³-hybridized carbons (Fsp3) is 0.562. The monoisotopic (exact) mass is 276 g/mol. The Hall–Kier alpha value is -1.55. The quantitative estimate of drug-likeness (QED) is 0.869. The molecule has 1 heterocycles. The molecule has 0 saturated carbocycles. The number of anilines is 1. The van der Waals surface area contributed by atoms with Crippen LogP contribution < -0.4 is 10.6 Å². The number of carbonyl (C=O) groups is 1. The molecule has 0 aliphatic carbocycles. The summed E-state index contributed by atoms with van der Waals surface area (Å²) in [6.45, 7) is 5.52. The number of hydrogen-bond acceptors (Lipinski definition) is 3. The van der Waals surface area contributed by atoms with Crippen LogP contribution in [-0.2, 0) is 4.74 Å². The van der Waals surface area contributed by atoms with Crippen LogP contribution in [0.15, 0.2) is 24.3 Å². The van der Waals surface area contributed by atoms with Gasteiger partial charge in [-0.05, 0) is 45.2 Å². The normalized spacial score (nSPS) is 18.9. The second-order valence-electron chi connectivity index (χ2n) is 5.54. The lowest BCUT2D eigenvalue weighted by atomic mass is 10.1. The molecule has 2 N–H and O–H groups in total. The minimum absolute atomic E-state index is 0.0390. The predicted octanol–water partition coefficient (Wildman–Crippen LogP) is 2.81. The fourth-order valence-corrected chi connectivity index (χ4v) is 2.39. The Morgan fingerprint density at radius 1 is 1.35 bits per heavy atom. The molecule has 1 atom stereocenters. The van der Waals surface area contributed by atoms with Crippen molar-refractivity contribution in [1.82, 2.24) is 5.32 Å². The van der Waals surface area contributed by atoms with Crippen LogP contribution in [0, 0.1) is 0 Å². The Balaban J connectivity index is 1.94. The maximum atomic E-state index is 12.3. The van der Waals surface area contributed by atoms with E-state index >= 15 is 0 Å². The van der Waals surface area contributed by atoms with Crippen LogP contribution in [0.3, 0.4) is 0 Å². The lowest BCUT2D eigenvalue weighted by Crippen LogP contribution is -2.35. The maximum absolute atomic E-state index is 12.3. The van der Waals surface area contributed by atoms with E-state index in [9.17, 15) is 4.79 Å². The van der Waals surface area contributed by atoms with E-state index in [1.807, 2.05) is 24.3 Å². The van der Waals surface area contributed by atoms with Gasteiger partial charge in [-0.3, -0.25) is 4.79 Å². The van der Waals surface area contributed by atoms with Crippen LogP contribution >= 0.6 is 0 Å². The molecule has 1 aromatic carbocycles. The van der Waals surface area contributed by atoms with E-state index in [1.54, 1.807) is 0 Å². The predicted molar refractivity (Wildman–Crippen MR) is 81.1 cm³/mol. The molecule has 1 saturated heterocycles. The molecule has 2 rings (SSSR count). The Labute approximate surface area is 120 Å². The van der Waals surface area contributed by atoms with Gasteiger partial charge < -0.3 is 15.4 Å². The lowest BCUT2D eigenvalue weighted by molar-refractivity contribution is 0.0169. The molecular weight excluding hydrogens is 252 g/mol. The highest BCUT2D eigenvalue weighted by atomic mass is 16.5. The van der Waals surface area contributed by atoms with E-state index in [4.69, 9.17) is 4.74 Å². The van der Waals surface area contributed by atoms with Crippen molar-refractivity contribution in [1.29, 1.82) is 0 Å². The zero-order chi connectivity index (χ0) is 14.4. The molecule has 110 valence electrons. The van der Waals surface area contributed by atoms with E-state index in [0.29, 0.717) is 18.2 Å². The average molecular weight is 276 g/mol. The Kier molecular flexibility index (Phi) is 5.41. The first kappa shape index (κ1) is 14.9. The second-order valence-corrected chi connectivity index (χ2v) is 5.54. The summed E-state index contributed by atoms with van der Waals surface area (Å²) in [4.78, 5) is 12.3. The molecule has 4 nitrogen and oxygen atoms in total. The van der Waals surface area contributed by atoms with Gasteiger partial charge in [0.25, 0.3) is 5.91 Å². The van der Waals surface area contributed by atoms with Crippen LogP contribution in [0.2, 0.25) is 0 Å². The first-order valence-corrected chi connectivity index (χ1v) is 7.42. The first-order chi connectivity index (χ1) is 9.66. The standard InChI is InChI=1S/C16H24N2O2/c1-12(2)18-15-9-4-3-8-14(15)16(19)17-11-13-7-5-6-10-20-13/h3-4,8-9,12-13,18H,5-7,10-11H2,1-2H3,(H,17,19). The number of hydrogen-bond donors (Lipinski definition) is 2. The van der Waals surface area contributed by atoms with Gasteiger partial charge in [0.15, 0.2) is 0 Å². The Bertz CT molecular complexity index is 440. The highest BCUT2D eigenvalue weighted by Crippen LogP contribution is 2.16. The third kappa shape index (κ3) is 4.23. The van der Waals surface area contributed by atoms with Crippen molar-refractivity contribution in [2.75, 3.05) is 18.5 Å². The van der Waals surface area contributed by atoms with Gasteiger partial charge in [-0.25, -0.2) is 0 Å². The number of benzene rings is 1. The first-order valence-electron chi connectivity index (χ1n) is 7.42. The highest BCUT2D eigenvalue weighted by Gasteiger charge is 2.16. The van der Waals surface area contributed by atoms with Crippen LogP contribution in [0.25, 0.3) is 0 Å². The van der Waals surface area contributed by atoms with Crippen LogP contribution in [0.4, 0.5) is 5.69 Å². The summed E-state index contributed by atoms with van der Waals surface area (Å²) in [7, 11) is 0. The minimum Gasteiger partial charge on any atom is -0.382 e. The van der Waals surface area contributed by atoms with Crippen molar-refractivity contribution in [3.63, 3.8) is 0 Å². The molecule has 1 aliphatic rings. The van der Waals surface area contributed by atoms with Crippen LogP contribution in [0.5, 0.6) is 0 Å². The number of amides is 1. The second kappa shape index (κ2) is 7.29. The SMILES string of the molecule is CC(C)Nc1ccccc1C(=O)NCC1CCCCO1. The molecule has 1 amide bonds. The van der Waals surface area contributed by atoms with E-state index in [0.717, 1.165) is 25.1 Å². The summed E-state index contributed by atoms with van der Waals surface area (Å²) in [6.07, 6.45) is 3.52. The Morgan fingerprint density at radius 2 is 2.15 bits per heavy atom. The van der Waals surface area contributed by atoms with Crippen LogP contribution in [-0.4, -0.2) is 31.2 Å². The topological polar surface area (TPSA) is 50.4 Å². The van der Waals surface area contributed by atoms with Gasteiger partial charge in [0.05, 0.1) is 11.7 Å². The maximum Gasteiger partial charge on any atom is 0.253 e. The van der Waals surface area contributed by atoms with Crippen molar-refractivity contribution in [2.45, 2.75) is 45.3 Å². The fourth-order valence-electron chi connectivity index (χ4n) is 2.39. The molecule has 1 aliphatic heterocycles. The largest absolute Gasteiger partial charge is 0.382 e. The van der Waals surface area contributed by atoms with Crippen molar-refractivity contribution >= 4 is 11.6 Å². The number of carbonyl (C=O) groups excluding carboxylic acids is 1. The zero-order valence-electron chi connectivity index (χ0n) is 12.3. The summed E-state index contributed by atoms with van der Waals surface area (Å²) < 4.78 is 5.63. The lowest BCUT2D eigenvalue weighted by Gasteiger charge is -2.23. The number of nitrogens with one attached hydrogen (secondary N) is 2. The van der Waals surface area contributed by atoms with Gasteiger partial charge in [-0.15, -0.1) is 0 Å². The van der Waals surface area contributed by atoms with E-state index in [1.165, 1.54) is 6.42 Å². The van der Waals surface area contributed by atoms with Gasteiger partial charge in [0, 0.05) is 24.9 Å². The third-order valence-electron chi connectivity index (χ3n) is 3.38. The summed E-state index contributed by atoms with van der Waals surface area (Å²) in [5.74, 6) is -0.0390. The van der Waals surface area contributed by atoms with Gasteiger partial charge in [0.1, 0.15) is 0 Å². The third-order valence-corrected chi connectivity index (χ3v) is 3.38. The average Bonchev–Trinajstić information content (AvgIpc) is 2.46. The summed E-state index contributed by atoms with van der Waals surface area (Å²) in [5, 5.41) is 6.28. The van der Waals surface area contributed by atoms with Gasteiger partial charge in [-0.1, -0.05) is 12.1 Å². The molecule has 0 radical (unpaired) electrons. The van der Waals surface area contributed by atoms with Gasteiger partial charge in [-0.2, -0.15) is 0 Å². The van der Waals surface area contributed by atoms with E-state index in [2.05, 4.69) is 24.5 Å². The Morgan fingerprint density at radius 3 is 2.85 bits per heavy atom. The molecule has 0 spiro atoms. The van der Waals surface area contributed by atoms with Gasteiger partial charge >= 0.3 is 0 Å². The summed E-state index contributed by atoms with van der Waals surface area (Å²) in [6, 6.07) is 7.91. The molecule has 4 heteroatoms. The number of para-hydroxylation sites is 1. The summed E-state index contributed by atoms with van der Waals surface area (Å²) in [5.41, 5.74) is 1.57. The molecule has 20 heavy (non-hydrogen) atoms. The number of rotatable bonds is 5. The summed E-state index contributed by atoms with van der Waals surface area (Å²) >= 11 is 0. The molecule has 1 fully saturated rings. The molecular formula is C16H24N2O2. The van der Waals surface area contributed by atoms with Crippen molar-refractivity contribution in [3.8, 4) is 0 Å². The molecule has 0 bridgehead atoms. The van der Waals surface area contributed by atoms with Crippen molar-refractivity contribution in [3.05, 3.63) is 29.8 Å². The minimum atomic E-state index is -0.0390. The number of ether oxygens (including phenoxy) is 1. The molecule has 1 unspecified atom stereocenters. The van der Waals surface area contributed by atoms with E-state index in [-0.39, 0.29) is 12.0 Å². The van der Waals surface area contributed by atoms with Crippen LogP contribution in [0.1, 0.15) is 43.5 Å². The van der Waals surface area contributed by atoms with E-state index < -0.39 is 0 Å². The zero-order valence-corrected chi connectivity index (χ0v) is 12.3. The van der Waals surface area contributed by atoms with Crippen molar-refractivity contribution in [2.24, 2.45) is 0 Å². The van der Waals surface area contributed by atoms with Gasteiger partial charge in [0.2, 0.25) is 0 Å². The highest BCUT2D eigenvalue weighted by molar-refractivity contribution is 5.99. The smallest absolute Gasteiger partial charge is 0.253 e.